The lowest BCUT2D eigenvalue weighted by atomic mass is 10.2. The summed E-state index contributed by atoms with van der Waals surface area (Å²) < 4.78 is 12.9. The summed E-state index contributed by atoms with van der Waals surface area (Å²) in [5, 5.41) is 2.88. The van der Waals surface area contributed by atoms with Gasteiger partial charge in [0.1, 0.15) is 0 Å². The number of aromatic nitrogens is 1. The Bertz CT molecular complexity index is 654. The van der Waals surface area contributed by atoms with Gasteiger partial charge in [-0.2, -0.15) is 4.57 Å². The predicted molar refractivity (Wildman–Crippen MR) is 88.8 cm³/mol. The standard InChI is InChI=1S/C18H22N2O3/c1-4-22-16-7-6-15(12-17(16)23-5-2)19-18(21)13-20-10-8-14(3)9-11-20/h6-12H,4-5,13H2,1-3H3/p+1. The molecule has 5 nitrogen and oxygen atoms in total. The van der Waals surface area contributed by atoms with Crippen LogP contribution in [0.15, 0.2) is 42.7 Å². The number of carbonyl (C=O) groups excluding carboxylic acids is 1. The molecular weight excluding hydrogens is 292 g/mol. The van der Waals surface area contributed by atoms with Gasteiger partial charge in [0.2, 0.25) is 6.54 Å². The maximum Gasteiger partial charge on any atom is 0.290 e. The molecule has 0 aliphatic rings. The first-order valence-corrected chi connectivity index (χ1v) is 7.77. The predicted octanol–water partition coefficient (Wildman–Crippen LogP) is 2.72. The quantitative estimate of drug-likeness (QED) is 0.799. The van der Waals surface area contributed by atoms with Gasteiger partial charge in [-0.3, -0.25) is 4.79 Å². The lowest BCUT2D eigenvalue weighted by Gasteiger charge is -2.12. The summed E-state index contributed by atoms with van der Waals surface area (Å²) in [5.74, 6) is 1.22. The van der Waals surface area contributed by atoms with Crippen LogP contribution in [0.3, 0.4) is 0 Å². The highest BCUT2D eigenvalue weighted by molar-refractivity contribution is 5.90. The average molecular weight is 315 g/mol. The minimum absolute atomic E-state index is 0.0922. The van der Waals surface area contributed by atoms with E-state index >= 15 is 0 Å². The Hall–Kier alpha value is -2.56. The molecule has 0 aliphatic heterocycles. The number of benzene rings is 1. The normalized spacial score (nSPS) is 10.2. The minimum atomic E-state index is -0.0922. The highest BCUT2D eigenvalue weighted by Gasteiger charge is 2.12. The number of rotatable bonds is 7. The van der Waals surface area contributed by atoms with Crippen LogP contribution in [0.5, 0.6) is 11.5 Å². The summed E-state index contributed by atoms with van der Waals surface area (Å²) in [4.78, 5) is 12.1. The van der Waals surface area contributed by atoms with Gasteiger partial charge in [0, 0.05) is 23.9 Å². The van der Waals surface area contributed by atoms with E-state index in [9.17, 15) is 4.79 Å². The fraction of sp³-hybridized carbons (Fsp3) is 0.333. The smallest absolute Gasteiger partial charge is 0.290 e. The SMILES string of the molecule is CCOc1ccc(NC(=O)C[n+]2ccc(C)cc2)cc1OCC. The Morgan fingerprint density at radius 2 is 1.70 bits per heavy atom. The van der Waals surface area contributed by atoms with Crippen molar-refractivity contribution in [3.05, 3.63) is 48.3 Å². The van der Waals surface area contributed by atoms with Crippen molar-refractivity contribution >= 4 is 11.6 Å². The number of ether oxygens (including phenoxy) is 2. The lowest BCUT2D eigenvalue weighted by molar-refractivity contribution is -0.684. The molecule has 0 atom stereocenters. The van der Waals surface area contributed by atoms with Crippen LogP contribution < -0.4 is 19.4 Å². The molecule has 0 saturated carbocycles. The van der Waals surface area contributed by atoms with Crippen molar-refractivity contribution in [2.75, 3.05) is 18.5 Å². The van der Waals surface area contributed by atoms with E-state index in [0.717, 1.165) is 5.56 Å². The van der Waals surface area contributed by atoms with Crippen molar-refractivity contribution in [2.24, 2.45) is 0 Å². The molecule has 0 unspecified atom stereocenters. The highest BCUT2D eigenvalue weighted by atomic mass is 16.5. The Morgan fingerprint density at radius 3 is 2.35 bits per heavy atom. The topological polar surface area (TPSA) is 51.4 Å². The Kier molecular flexibility index (Phi) is 5.97. The average Bonchev–Trinajstić information content (AvgIpc) is 2.52. The van der Waals surface area contributed by atoms with E-state index < -0.39 is 0 Å². The van der Waals surface area contributed by atoms with Gasteiger partial charge in [0.05, 0.1) is 13.2 Å². The molecular formula is C18H23N2O3+. The van der Waals surface area contributed by atoms with Crippen molar-refractivity contribution in [3.8, 4) is 11.5 Å². The van der Waals surface area contributed by atoms with E-state index in [-0.39, 0.29) is 12.5 Å². The van der Waals surface area contributed by atoms with E-state index in [2.05, 4.69) is 5.32 Å². The molecule has 0 fully saturated rings. The van der Waals surface area contributed by atoms with E-state index in [1.807, 2.05) is 62.0 Å². The number of hydrogen-bond acceptors (Lipinski definition) is 3. The fourth-order valence-corrected chi connectivity index (χ4v) is 2.13. The van der Waals surface area contributed by atoms with Crippen molar-refractivity contribution < 1.29 is 18.8 Å². The van der Waals surface area contributed by atoms with Gasteiger partial charge >= 0.3 is 0 Å². The second-order valence-corrected chi connectivity index (χ2v) is 5.12. The van der Waals surface area contributed by atoms with Crippen molar-refractivity contribution in [1.29, 1.82) is 0 Å². The van der Waals surface area contributed by atoms with E-state index in [1.165, 1.54) is 0 Å². The van der Waals surface area contributed by atoms with Gasteiger partial charge in [-0.05, 0) is 38.5 Å². The zero-order valence-corrected chi connectivity index (χ0v) is 13.8. The molecule has 0 spiro atoms. The van der Waals surface area contributed by atoms with Gasteiger partial charge in [0.15, 0.2) is 23.9 Å². The van der Waals surface area contributed by atoms with Gasteiger partial charge in [-0.15, -0.1) is 0 Å². The van der Waals surface area contributed by atoms with Crippen molar-refractivity contribution in [3.63, 3.8) is 0 Å². The summed E-state index contributed by atoms with van der Waals surface area (Å²) >= 11 is 0. The number of hydrogen-bond donors (Lipinski definition) is 1. The third kappa shape index (κ3) is 4.98. The summed E-state index contributed by atoms with van der Waals surface area (Å²) in [6, 6.07) is 9.34. The fourth-order valence-electron chi connectivity index (χ4n) is 2.13. The Labute approximate surface area is 136 Å². The molecule has 122 valence electrons. The maximum atomic E-state index is 12.1. The zero-order chi connectivity index (χ0) is 16.7. The first-order valence-electron chi connectivity index (χ1n) is 7.77. The second kappa shape index (κ2) is 8.17. The van der Waals surface area contributed by atoms with Gasteiger partial charge in [-0.1, -0.05) is 0 Å². The van der Waals surface area contributed by atoms with Crippen LogP contribution in [0.25, 0.3) is 0 Å². The van der Waals surface area contributed by atoms with Gasteiger partial charge < -0.3 is 14.8 Å². The number of pyridine rings is 1. The molecule has 23 heavy (non-hydrogen) atoms. The molecule has 0 saturated heterocycles. The van der Waals surface area contributed by atoms with Crippen molar-refractivity contribution in [2.45, 2.75) is 27.3 Å². The molecule has 0 radical (unpaired) electrons. The molecule has 1 amide bonds. The molecule has 1 N–H and O–H groups in total. The molecule has 2 aromatic rings. The summed E-state index contributed by atoms with van der Waals surface area (Å²) in [7, 11) is 0. The molecule has 1 heterocycles. The van der Waals surface area contributed by atoms with E-state index in [1.54, 1.807) is 6.07 Å². The van der Waals surface area contributed by atoms with Crippen molar-refractivity contribution in [1.82, 2.24) is 0 Å². The molecule has 1 aromatic heterocycles. The third-order valence-electron chi connectivity index (χ3n) is 3.21. The number of amides is 1. The first-order chi connectivity index (χ1) is 11.1. The van der Waals surface area contributed by atoms with Crippen LogP contribution >= 0.6 is 0 Å². The maximum absolute atomic E-state index is 12.1. The lowest BCUT2D eigenvalue weighted by Crippen LogP contribution is -2.39. The summed E-state index contributed by atoms with van der Waals surface area (Å²) in [6.45, 7) is 7.21. The second-order valence-electron chi connectivity index (χ2n) is 5.12. The molecule has 2 rings (SSSR count). The molecule has 5 heteroatoms. The Balaban J connectivity index is 2.05. The van der Waals surface area contributed by atoms with Gasteiger partial charge in [0.25, 0.3) is 5.91 Å². The first kappa shape index (κ1) is 16.8. The molecule has 1 aromatic carbocycles. The zero-order valence-electron chi connectivity index (χ0n) is 13.8. The van der Waals surface area contributed by atoms with Gasteiger partial charge in [-0.25, -0.2) is 0 Å². The van der Waals surface area contributed by atoms with E-state index in [4.69, 9.17) is 9.47 Å². The third-order valence-corrected chi connectivity index (χ3v) is 3.21. The van der Waals surface area contributed by atoms with Crippen LogP contribution in [0, 0.1) is 6.92 Å². The monoisotopic (exact) mass is 315 g/mol. The van der Waals surface area contributed by atoms with E-state index in [0.29, 0.717) is 30.4 Å². The molecule has 0 bridgehead atoms. The van der Waals surface area contributed by atoms with Crippen LogP contribution in [0.1, 0.15) is 19.4 Å². The highest BCUT2D eigenvalue weighted by Crippen LogP contribution is 2.30. The Morgan fingerprint density at radius 1 is 1.04 bits per heavy atom. The largest absolute Gasteiger partial charge is 0.490 e. The summed E-state index contributed by atoms with van der Waals surface area (Å²) in [6.07, 6.45) is 3.78. The molecule has 0 aliphatic carbocycles. The number of aryl methyl sites for hydroxylation is 1. The van der Waals surface area contributed by atoms with Crippen LogP contribution in [-0.4, -0.2) is 19.1 Å². The van der Waals surface area contributed by atoms with Crippen LogP contribution in [0.2, 0.25) is 0 Å². The number of carbonyl (C=O) groups is 1. The van der Waals surface area contributed by atoms with Crippen LogP contribution in [0.4, 0.5) is 5.69 Å². The number of nitrogens with zero attached hydrogens (tertiary/aromatic N) is 1. The number of anilines is 1. The minimum Gasteiger partial charge on any atom is -0.490 e. The van der Waals surface area contributed by atoms with Crippen LogP contribution in [-0.2, 0) is 11.3 Å². The summed E-state index contributed by atoms with van der Waals surface area (Å²) in [5.41, 5.74) is 1.85. The number of nitrogens with one attached hydrogen (secondary N) is 1.